The minimum absolute atomic E-state index is 0.391. The highest BCUT2D eigenvalue weighted by Crippen LogP contribution is 2.22. The third-order valence-corrected chi connectivity index (χ3v) is 5.82. The van der Waals surface area contributed by atoms with Gasteiger partial charge >= 0.3 is 5.69 Å². The topological polar surface area (TPSA) is 58.1 Å². The van der Waals surface area contributed by atoms with Gasteiger partial charge in [0.05, 0.1) is 15.9 Å². The highest BCUT2D eigenvalue weighted by atomic mass is 35.5. The summed E-state index contributed by atoms with van der Waals surface area (Å²) in [7, 11) is 0. The van der Waals surface area contributed by atoms with Crippen LogP contribution in [0.4, 0.5) is 0 Å². The van der Waals surface area contributed by atoms with E-state index in [0.29, 0.717) is 22.5 Å². The van der Waals surface area contributed by atoms with Crippen LogP contribution >= 0.6 is 11.6 Å². The first-order valence-electron chi connectivity index (χ1n) is 10.0. The maximum Gasteiger partial charge on any atom is 0.328 e. The molecule has 2 heterocycles. The minimum Gasteiger partial charge on any atom is -0.299 e. The van der Waals surface area contributed by atoms with Crippen molar-refractivity contribution in [3.63, 3.8) is 0 Å². The van der Waals surface area contributed by atoms with Crippen LogP contribution in [0.25, 0.3) is 16.5 Å². The van der Waals surface area contributed by atoms with E-state index in [9.17, 15) is 9.59 Å². The zero-order valence-electron chi connectivity index (χ0n) is 16.2. The molecule has 4 rings (SSSR count). The van der Waals surface area contributed by atoms with Crippen molar-refractivity contribution in [3.8, 4) is 0 Å². The molecule has 3 aromatic rings. The quantitative estimate of drug-likeness (QED) is 0.628. The second kappa shape index (κ2) is 8.80. The molecule has 0 atom stereocenters. The van der Waals surface area contributed by atoms with Gasteiger partial charge in [-0.1, -0.05) is 54.1 Å². The number of nitrogens with one attached hydrogen (secondary N) is 1. The smallest absolute Gasteiger partial charge is 0.299 e. The van der Waals surface area contributed by atoms with Crippen LogP contribution in [0.15, 0.2) is 64.2 Å². The minimum atomic E-state index is -0.399. The molecule has 6 heteroatoms. The van der Waals surface area contributed by atoms with Crippen molar-refractivity contribution in [2.45, 2.75) is 25.8 Å². The third kappa shape index (κ3) is 4.36. The standard InChI is InChI=1S/C23H24ClN3O2/c24-20-10-6-9-19-21(20)27(23(29)25-22(19)28)14-5-4-13-26-15-11-18(12-16-26)17-7-2-1-3-8-17/h1-3,6-11H,4-5,12-16H2,(H,25,28,29). The summed E-state index contributed by atoms with van der Waals surface area (Å²) >= 11 is 6.28. The van der Waals surface area contributed by atoms with Crippen LogP contribution in [0.3, 0.4) is 0 Å². The Morgan fingerprint density at radius 1 is 0.966 bits per heavy atom. The first kappa shape index (κ1) is 19.7. The summed E-state index contributed by atoms with van der Waals surface area (Å²) in [6, 6.07) is 15.7. The van der Waals surface area contributed by atoms with Crippen molar-refractivity contribution < 1.29 is 0 Å². The number of aryl methyl sites for hydroxylation is 1. The number of aromatic amines is 1. The Balaban J connectivity index is 1.36. The van der Waals surface area contributed by atoms with Gasteiger partial charge < -0.3 is 0 Å². The Morgan fingerprint density at radius 2 is 1.76 bits per heavy atom. The molecule has 1 aliphatic rings. The number of halogens is 1. The average Bonchev–Trinajstić information content (AvgIpc) is 2.74. The lowest BCUT2D eigenvalue weighted by molar-refractivity contribution is 0.292. The van der Waals surface area contributed by atoms with Gasteiger partial charge in [-0.2, -0.15) is 0 Å². The molecular weight excluding hydrogens is 386 g/mol. The third-order valence-electron chi connectivity index (χ3n) is 5.51. The summed E-state index contributed by atoms with van der Waals surface area (Å²) in [5.74, 6) is 0. The van der Waals surface area contributed by atoms with Crippen LogP contribution < -0.4 is 11.2 Å². The van der Waals surface area contributed by atoms with Gasteiger partial charge in [0.15, 0.2) is 0 Å². The molecule has 0 fully saturated rings. The van der Waals surface area contributed by atoms with Crippen LogP contribution in [-0.4, -0.2) is 34.1 Å². The van der Waals surface area contributed by atoms with E-state index in [1.54, 1.807) is 22.8 Å². The lowest BCUT2D eigenvalue weighted by Gasteiger charge is -2.26. The highest BCUT2D eigenvalue weighted by molar-refractivity contribution is 6.35. The number of benzene rings is 2. The molecule has 0 unspecified atom stereocenters. The molecule has 2 aromatic carbocycles. The molecule has 0 radical (unpaired) electrons. The zero-order valence-corrected chi connectivity index (χ0v) is 17.0. The summed E-state index contributed by atoms with van der Waals surface area (Å²) in [5.41, 5.74) is 2.47. The van der Waals surface area contributed by atoms with E-state index in [-0.39, 0.29) is 0 Å². The number of hydrogen-bond acceptors (Lipinski definition) is 3. The Labute approximate surface area is 174 Å². The van der Waals surface area contributed by atoms with Crippen molar-refractivity contribution in [3.05, 3.63) is 86.0 Å². The maximum absolute atomic E-state index is 12.3. The summed E-state index contributed by atoms with van der Waals surface area (Å²) in [4.78, 5) is 29.2. The van der Waals surface area contributed by atoms with Gasteiger partial charge in [0, 0.05) is 19.6 Å². The largest absolute Gasteiger partial charge is 0.328 e. The maximum atomic E-state index is 12.3. The zero-order chi connectivity index (χ0) is 20.2. The summed E-state index contributed by atoms with van der Waals surface area (Å²) in [5, 5.41) is 0.881. The van der Waals surface area contributed by atoms with Crippen LogP contribution in [-0.2, 0) is 6.54 Å². The van der Waals surface area contributed by atoms with E-state index < -0.39 is 11.2 Å². The lowest BCUT2D eigenvalue weighted by Crippen LogP contribution is -2.31. The molecule has 1 N–H and O–H groups in total. The second-order valence-electron chi connectivity index (χ2n) is 7.40. The molecule has 0 saturated carbocycles. The second-order valence-corrected chi connectivity index (χ2v) is 7.81. The molecule has 29 heavy (non-hydrogen) atoms. The van der Waals surface area contributed by atoms with E-state index >= 15 is 0 Å². The summed E-state index contributed by atoms with van der Waals surface area (Å²) in [6.45, 7) is 3.53. The Morgan fingerprint density at radius 3 is 2.52 bits per heavy atom. The van der Waals surface area contributed by atoms with E-state index in [4.69, 9.17) is 11.6 Å². The molecule has 0 amide bonds. The molecule has 1 aromatic heterocycles. The van der Waals surface area contributed by atoms with Crippen molar-refractivity contribution >= 4 is 28.1 Å². The fourth-order valence-corrected chi connectivity index (χ4v) is 4.23. The van der Waals surface area contributed by atoms with Gasteiger partial charge in [-0.25, -0.2) is 4.79 Å². The van der Waals surface area contributed by atoms with Crippen molar-refractivity contribution in [1.82, 2.24) is 14.5 Å². The van der Waals surface area contributed by atoms with Crippen molar-refractivity contribution in [2.24, 2.45) is 0 Å². The number of aromatic nitrogens is 2. The number of para-hydroxylation sites is 1. The van der Waals surface area contributed by atoms with E-state index in [1.807, 2.05) is 6.07 Å². The molecule has 0 bridgehead atoms. The van der Waals surface area contributed by atoms with Gasteiger partial charge in [-0.15, -0.1) is 0 Å². The van der Waals surface area contributed by atoms with Gasteiger partial charge in [0.1, 0.15) is 0 Å². The first-order chi connectivity index (χ1) is 14.1. The van der Waals surface area contributed by atoms with Gasteiger partial charge in [0.25, 0.3) is 5.56 Å². The monoisotopic (exact) mass is 409 g/mol. The Bertz CT molecular complexity index is 1150. The van der Waals surface area contributed by atoms with E-state index in [2.05, 4.69) is 40.2 Å². The molecule has 1 aliphatic heterocycles. The van der Waals surface area contributed by atoms with Crippen LogP contribution in [0, 0.1) is 0 Å². The number of nitrogens with zero attached hydrogens (tertiary/aromatic N) is 2. The number of fused-ring (bicyclic) bond motifs is 1. The molecule has 150 valence electrons. The fraction of sp³-hybridized carbons (Fsp3) is 0.304. The van der Waals surface area contributed by atoms with Crippen molar-refractivity contribution in [2.75, 3.05) is 19.6 Å². The summed E-state index contributed by atoms with van der Waals surface area (Å²) < 4.78 is 1.59. The number of H-pyrrole nitrogens is 1. The SMILES string of the molecule is O=c1[nH]c(=O)n(CCCCN2CC=C(c3ccccc3)CC2)c2c(Cl)cccc12. The van der Waals surface area contributed by atoms with Gasteiger partial charge in [-0.3, -0.25) is 19.2 Å². The molecule has 5 nitrogen and oxygen atoms in total. The van der Waals surface area contributed by atoms with Gasteiger partial charge in [0.2, 0.25) is 0 Å². The molecule has 0 saturated heterocycles. The lowest BCUT2D eigenvalue weighted by atomic mass is 9.99. The first-order valence-corrected chi connectivity index (χ1v) is 10.4. The normalized spacial score (nSPS) is 14.9. The molecule has 0 aliphatic carbocycles. The van der Waals surface area contributed by atoms with Crippen LogP contribution in [0.5, 0.6) is 0 Å². The Kier molecular flexibility index (Phi) is 5.97. The van der Waals surface area contributed by atoms with E-state index in [0.717, 1.165) is 38.9 Å². The van der Waals surface area contributed by atoms with Crippen LogP contribution in [0.2, 0.25) is 5.02 Å². The van der Waals surface area contributed by atoms with Crippen LogP contribution in [0.1, 0.15) is 24.8 Å². The van der Waals surface area contributed by atoms with Crippen molar-refractivity contribution in [1.29, 1.82) is 0 Å². The number of hydrogen-bond donors (Lipinski definition) is 1. The summed E-state index contributed by atoms with van der Waals surface area (Å²) in [6.07, 6.45) is 5.20. The number of unbranched alkanes of at least 4 members (excludes halogenated alkanes) is 1. The fourth-order valence-electron chi connectivity index (χ4n) is 3.95. The number of rotatable bonds is 6. The molecular formula is C23H24ClN3O2. The average molecular weight is 410 g/mol. The molecule has 0 spiro atoms. The predicted molar refractivity (Wildman–Crippen MR) is 119 cm³/mol. The van der Waals surface area contributed by atoms with E-state index in [1.165, 1.54) is 11.1 Å². The van der Waals surface area contributed by atoms with Gasteiger partial charge in [-0.05, 0) is 49.1 Å². The Hall–Kier alpha value is -2.63. The highest BCUT2D eigenvalue weighted by Gasteiger charge is 2.13. The predicted octanol–water partition coefficient (Wildman–Crippen LogP) is 3.91.